The van der Waals surface area contributed by atoms with Gasteiger partial charge in [0.1, 0.15) is 11.1 Å². The Morgan fingerprint density at radius 3 is 2.92 bits per heavy atom. The van der Waals surface area contributed by atoms with E-state index in [1.165, 1.54) is 5.56 Å². The van der Waals surface area contributed by atoms with Crippen molar-refractivity contribution in [3.8, 4) is 5.75 Å². The minimum atomic E-state index is -0.0383. The fraction of sp³-hybridized carbons (Fsp3) is 0.389. The first-order valence-corrected chi connectivity index (χ1v) is 8.28. The minimum Gasteiger partial charge on any atom is -0.493 e. The maximum atomic E-state index is 12.4. The van der Waals surface area contributed by atoms with Crippen LogP contribution in [0.25, 0.3) is 11.0 Å². The molecule has 2 heterocycles. The van der Waals surface area contributed by atoms with Crippen LogP contribution in [0.3, 0.4) is 0 Å². The van der Waals surface area contributed by atoms with Gasteiger partial charge in [0.15, 0.2) is 5.65 Å². The summed E-state index contributed by atoms with van der Waals surface area (Å²) in [5.41, 5.74) is 1.76. The lowest BCUT2D eigenvalue weighted by Gasteiger charge is -2.11. The Morgan fingerprint density at radius 1 is 1.25 bits per heavy atom. The normalized spacial score (nSPS) is 11.1. The van der Waals surface area contributed by atoms with Crippen molar-refractivity contribution < 1.29 is 4.74 Å². The van der Waals surface area contributed by atoms with Crippen molar-refractivity contribution in [2.75, 3.05) is 6.61 Å². The minimum absolute atomic E-state index is 0.0383. The van der Waals surface area contributed by atoms with E-state index >= 15 is 0 Å². The molecule has 2 aromatic heterocycles. The van der Waals surface area contributed by atoms with E-state index in [1.807, 2.05) is 18.2 Å². The predicted molar refractivity (Wildman–Crippen MR) is 93.3 cm³/mol. The second-order valence-electron chi connectivity index (χ2n) is 5.81. The molecule has 24 heavy (non-hydrogen) atoms. The third kappa shape index (κ3) is 3.32. The molecule has 0 saturated carbocycles. The van der Waals surface area contributed by atoms with E-state index < -0.39 is 0 Å². The van der Waals surface area contributed by atoms with Gasteiger partial charge in [-0.25, -0.2) is 4.98 Å². The molecule has 126 valence electrons. The van der Waals surface area contributed by atoms with Crippen molar-refractivity contribution in [2.45, 2.75) is 32.7 Å². The fourth-order valence-corrected chi connectivity index (χ4v) is 2.73. The monoisotopic (exact) mass is 326 g/mol. The molecule has 3 rings (SSSR count). The van der Waals surface area contributed by atoms with Gasteiger partial charge in [-0.2, -0.15) is 5.10 Å². The van der Waals surface area contributed by atoms with Crippen LogP contribution >= 0.6 is 0 Å². The second kappa shape index (κ2) is 7.29. The molecule has 3 aromatic rings. The highest BCUT2D eigenvalue weighted by Gasteiger charge is 2.08. The topological polar surface area (TPSA) is 61.9 Å². The summed E-state index contributed by atoms with van der Waals surface area (Å²) in [5, 5.41) is 4.65. The Hall–Kier alpha value is -2.63. The molecule has 0 fully saturated rings. The number of rotatable bonds is 7. The smallest absolute Gasteiger partial charge is 0.264 e. The zero-order chi connectivity index (χ0) is 16.9. The molecule has 0 unspecified atom stereocenters. The summed E-state index contributed by atoms with van der Waals surface area (Å²) in [4.78, 5) is 16.8. The summed E-state index contributed by atoms with van der Waals surface area (Å²) in [6, 6.07) is 8.08. The average molecular weight is 326 g/mol. The summed E-state index contributed by atoms with van der Waals surface area (Å²) in [6.45, 7) is 3.44. The Morgan fingerprint density at radius 2 is 2.08 bits per heavy atom. The molecule has 0 aliphatic rings. The average Bonchev–Trinajstić information content (AvgIpc) is 2.98. The van der Waals surface area contributed by atoms with Crippen LogP contribution in [-0.4, -0.2) is 25.9 Å². The van der Waals surface area contributed by atoms with Crippen LogP contribution < -0.4 is 10.3 Å². The van der Waals surface area contributed by atoms with Gasteiger partial charge in [0.2, 0.25) is 0 Å². The van der Waals surface area contributed by atoms with Crippen molar-refractivity contribution in [1.82, 2.24) is 19.3 Å². The van der Waals surface area contributed by atoms with Crippen LogP contribution in [0.1, 0.15) is 25.3 Å². The Bertz CT molecular complexity index is 882. The molecule has 0 saturated heterocycles. The van der Waals surface area contributed by atoms with Crippen molar-refractivity contribution in [3.63, 3.8) is 0 Å². The molecule has 0 bridgehead atoms. The van der Waals surface area contributed by atoms with Gasteiger partial charge in [-0.1, -0.05) is 25.1 Å². The van der Waals surface area contributed by atoms with Gasteiger partial charge in [-0.3, -0.25) is 14.0 Å². The Kier molecular flexibility index (Phi) is 4.93. The number of hydrogen-bond acceptors (Lipinski definition) is 4. The van der Waals surface area contributed by atoms with Crippen molar-refractivity contribution in [2.24, 2.45) is 7.05 Å². The van der Waals surface area contributed by atoms with Crippen molar-refractivity contribution in [3.05, 3.63) is 52.7 Å². The zero-order valence-electron chi connectivity index (χ0n) is 14.1. The molecule has 0 aliphatic heterocycles. The Balaban J connectivity index is 1.69. The van der Waals surface area contributed by atoms with Gasteiger partial charge >= 0.3 is 0 Å². The molecule has 6 nitrogen and oxygen atoms in total. The quantitative estimate of drug-likeness (QED) is 0.669. The molecule has 0 N–H and O–H groups in total. The van der Waals surface area contributed by atoms with Crippen LogP contribution in [0.4, 0.5) is 0 Å². The van der Waals surface area contributed by atoms with E-state index in [4.69, 9.17) is 4.74 Å². The largest absolute Gasteiger partial charge is 0.493 e. The van der Waals surface area contributed by atoms with Crippen LogP contribution in [0.2, 0.25) is 0 Å². The lowest BCUT2D eigenvalue weighted by Crippen LogP contribution is -2.20. The van der Waals surface area contributed by atoms with E-state index in [2.05, 4.69) is 23.1 Å². The number of hydrogen-bond donors (Lipinski definition) is 0. The van der Waals surface area contributed by atoms with E-state index in [1.54, 1.807) is 28.8 Å². The first-order chi connectivity index (χ1) is 11.7. The molecule has 0 spiro atoms. The van der Waals surface area contributed by atoms with Crippen LogP contribution in [0, 0.1) is 0 Å². The zero-order valence-corrected chi connectivity index (χ0v) is 14.1. The maximum Gasteiger partial charge on any atom is 0.264 e. The number of para-hydroxylation sites is 1. The van der Waals surface area contributed by atoms with Gasteiger partial charge in [0, 0.05) is 13.6 Å². The van der Waals surface area contributed by atoms with Crippen molar-refractivity contribution >= 4 is 11.0 Å². The molecule has 0 amide bonds. The number of aromatic nitrogens is 4. The first-order valence-electron chi connectivity index (χ1n) is 8.28. The highest BCUT2D eigenvalue weighted by Crippen LogP contribution is 2.20. The van der Waals surface area contributed by atoms with Crippen molar-refractivity contribution in [1.29, 1.82) is 0 Å². The summed E-state index contributed by atoms with van der Waals surface area (Å²) in [6.07, 6.45) is 5.87. The van der Waals surface area contributed by atoms with Crippen LogP contribution in [-0.2, 0) is 20.0 Å². The number of aryl methyl sites for hydroxylation is 3. The Labute approximate surface area is 140 Å². The molecule has 0 aliphatic carbocycles. The number of benzene rings is 1. The highest BCUT2D eigenvalue weighted by atomic mass is 16.5. The summed E-state index contributed by atoms with van der Waals surface area (Å²) >= 11 is 0. The SMILES string of the molecule is CCCOc1ccccc1CCCn1cnc2c(cnn2C)c1=O. The second-order valence-corrected chi connectivity index (χ2v) is 5.81. The molecule has 1 aromatic carbocycles. The summed E-state index contributed by atoms with van der Waals surface area (Å²) < 4.78 is 9.05. The molecule has 0 radical (unpaired) electrons. The summed E-state index contributed by atoms with van der Waals surface area (Å²) in [7, 11) is 1.78. The van der Waals surface area contributed by atoms with Gasteiger partial charge in [-0.15, -0.1) is 0 Å². The third-order valence-corrected chi connectivity index (χ3v) is 4.00. The maximum absolute atomic E-state index is 12.4. The predicted octanol–water partition coefficient (Wildman–Crippen LogP) is 2.55. The molecule has 6 heteroatoms. The molecular formula is C18H22N4O2. The van der Waals surface area contributed by atoms with E-state index in [-0.39, 0.29) is 5.56 Å². The number of ether oxygens (including phenoxy) is 1. The lowest BCUT2D eigenvalue weighted by atomic mass is 10.1. The van der Waals surface area contributed by atoms with Crippen LogP contribution in [0.5, 0.6) is 5.75 Å². The standard InChI is InChI=1S/C18H22N4O2/c1-3-11-24-16-9-5-4-7-14(16)8-6-10-22-13-19-17-15(18(22)23)12-20-21(17)2/h4-5,7,9,12-13H,3,6,8,10-11H2,1-2H3. The molecule has 0 atom stereocenters. The van der Waals surface area contributed by atoms with Gasteiger partial charge in [0.05, 0.1) is 19.1 Å². The number of fused-ring (bicyclic) bond motifs is 1. The van der Waals surface area contributed by atoms with Gasteiger partial charge in [-0.05, 0) is 30.9 Å². The fourth-order valence-electron chi connectivity index (χ4n) is 2.73. The first kappa shape index (κ1) is 16.2. The highest BCUT2D eigenvalue weighted by molar-refractivity contribution is 5.72. The van der Waals surface area contributed by atoms with E-state index in [0.717, 1.165) is 31.6 Å². The van der Waals surface area contributed by atoms with Crippen LogP contribution in [0.15, 0.2) is 41.6 Å². The van der Waals surface area contributed by atoms with Gasteiger partial charge in [0.25, 0.3) is 5.56 Å². The van der Waals surface area contributed by atoms with Gasteiger partial charge < -0.3 is 4.74 Å². The number of nitrogens with zero attached hydrogens (tertiary/aromatic N) is 4. The molecular weight excluding hydrogens is 304 g/mol. The third-order valence-electron chi connectivity index (χ3n) is 4.00. The summed E-state index contributed by atoms with van der Waals surface area (Å²) in [5.74, 6) is 0.938. The lowest BCUT2D eigenvalue weighted by molar-refractivity contribution is 0.313. The van der Waals surface area contributed by atoms with E-state index in [0.29, 0.717) is 17.6 Å². The van der Waals surface area contributed by atoms with E-state index in [9.17, 15) is 4.79 Å².